The molecule has 2 rings (SSSR count). The van der Waals surface area contributed by atoms with Crippen molar-refractivity contribution in [3.63, 3.8) is 0 Å². The first kappa shape index (κ1) is 8.48. The second-order valence-electron chi connectivity index (χ2n) is 4.05. The molecule has 0 spiro atoms. The summed E-state index contributed by atoms with van der Waals surface area (Å²) in [6.07, 6.45) is 5.37. The summed E-state index contributed by atoms with van der Waals surface area (Å²) in [6, 6.07) is 2.31. The van der Waals surface area contributed by atoms with Crippen molar-refractivity contribution in [2.45, 2.75) is 43.8 Å². The zero-order chi connectivity index (χ0) is 8.39. The predicted octanol–water partition coefficient (Wildman–Crippen LogP) is -0.182. The van der Waals surface area contributed by atoms with Crippen LogP contribution in [0.3, 0.4) is 0 Å². The Morgan fingerprint density at radius 1 is 1.25 bits per heavy atom. The smallest absolute Gasteiger partial charge is 0.00972 e. The number of hydrogen-bond acceptors (Lipinski definition) is 3. The van der Waals surface area contributed by atoms with Crippen molar-refractivity contribution < 1.29 is 0 Å². The van der Waals surface area contributed by atoms with Gasteiger partial charge in [-0.15, -0.1) is 0 Å². The molecule has 2 saturated heterocycles. The first-order chi connectivity index (χ1) is 5.88. The lowest BCUT2D eigenvalue weighted by atomic mass is 10.00. The van der Waals surface area contributed by atoms with Gasteiger partial charge in [0.1, 0.15) is 0 Å². The van der Waals surface area contributed by atoms with E-state index in [4.69, 9.17) is 5.73 Å². The minimum atomic E-state index is 0.729. The van der Waals surface area contributed by atoms with Gasteiger partial charge >= 0.3 is 0 Å². The highest BCUT2D eigenvalue weighted by Gasteiger charge is 2.32. The Labute approximate surface area is 74.1 Å². The lowest BCUT2D eigenvalue weighted by Crippen LogP contribution is -2.47. The van der Waals surface area contributed by atoms with Gasteiger partial charge in [0.05, 0.1) is 0 Å². The van der Waals surface area contributed by atoms with Crippen LogP contribution in [-0.2, 0) is 0 Å². The maximum absolute atomic E-state index is 5.45. The molecule has 0 amide bonds. The van der Waals surface area contributed by atoms with Crippen molar-refractivity contribution in [3.8, 4) is 0 Å². The Hall–Kier alpha value is -0.120. The second-order valence-corrected chi connectivity index (χ2v) is 4.05. The van der Waals surface area contributed by atoms with Gasteiger partial charge < -0.3 is 16.4 Å². The van der Waals surface area contributed by atoms with Crippen molar-refractivity contribution in [2.75, 3.05) is 13.1 Å². The summed E-state index contributed by atoms with van der Waals surface area (Å²) in [6.45, 7) is 1.74. The molecule has 2 heterocycles. The SMILES string of the molecule is NCCNC1CC2CCC(C1)N2. The molecular weight excluding hydrogens is 150 g/mol. The Kier molecular flexibility index (Phi) is 2.63. The van der Waals surface area contributed by atoms with Crippen molar-refractivity contribution in [2.24, 2.45) is 5.73 Å². The molecule has 2 bridgehead atoms. The highest BCUT2D eigenvalue weighted by Crippen LogP contribution is 2.26. The van der Waals surface area contributed by atoms with Gasteiger partial charge in [-0.25, -0.2) is 0 Å². The summed E-state index contributed by atoms with van der Waals surface area (Å²) in [7, 11) is 0. The first-order valence-corrected chi connectivity index (χ1v) is 5.08. The molecule has 2 aliphatic rings. The van der Waals surface area contributed by atoms with E-state index in [0.717, 1.165) is 31.2 Å². The van der Waals surface area contributed by atoms with Gasteiger partial charge in [-0.3, -0.25) is 0 Å². The van der Waals surface area contributed by atoms with Gasteiger partial charge in [0, 0.05) is 31.2 Å². The van der Waals surface area contributed by atoms with E-state index in [1.165, 1.54) is 25.7 Å². The molecule has 4 N–H and O–H groups in total. The summed E-state index contributed by atoms with van der Waals surface area (Å²) < 4.78 is 0. The number of rotatable bonds is 3. The molecule has 2 atom stereocenters. The lowest BCUT2D eigenvalue weighted by Gasteiger charge is -2.29. The third-order valence-corrected chi connectivity index (χ3v) is 3.05. The van der Waals surface area contributed by atoms with Crippen LogP contribution < -0.4 is 16.4 Å². The van der Waals surface area contributed by atoms with Crippen molar-refractivity contribution in [1.82, 2.24) is 10.6 Å². The normalized spacial score (nSPS) is 40.2. The summed E-state index contributed by atoms with van der Waals surface area (Å²) in [5.41, 5.74) is 5.45. The first-order valence-electron chi connectivity index (χ1n) is 5.08. The molecule has 0 aliphatic carbocycles. The van der Waals surface area contributed by atoms with Gasteiger partial charge in [0.25, 0.3) is 0 Å². The third-order valence-electron chi connectivity index (χ3n) is 3.05. The lowest BCUT2D eigenvalue weighted by molar-refractivity contribution is 0.320. The topological polar surface area (TPSA) is 50.1 Å². The Morgan fingerprint density at radius 2 is 1.92 bits per heavy atom. The molecule has 2 unspecified atom stereocenters. The van der Waals surface area contributed by atoms with Gasteiger partial charge in [0.15, 0.2) is 0 Å². The van der Waals surface area contributed by atoms with E-state index >= 15 is 0 Å². The van der Waals surface area contributed by atoms with Crippen molar-refractivity contribution in [1.29, 1.82) is 0 Å². The van der Waals surface area contributed by atoms with Crippen LogP contribution in [0.2, 0.25) is 0 Å². The minimum Gasteiger partial charge on any atom is -0.329 e. The zero-order valence-electron chi connectivity index (χ0n) is 7.55. The van der Waals surface area contributed by atoms with E-state index < -0.39 is 0 Å². The zero-order valence-corrected chi connectivity index (χ0v) is 7.55. The van der Waals surface area contributed by atoms with Crippen LogP contribution in [0.1, 0.15) is 25.7 Å². The molecule has 2 aliphatic heterocycles. The van der Waals surface area contributed by atoms with Gasteiger partial charge in [-0.2, -0.15) is 0 Å². The molecule has 0 aromatic rings. The predicted molar refractivity (Wildman–Crippen MR) is 50.0 cm³/mol. The van der Waals surface area contributed by atoms with Crippen LogP contribution in [0.25, 0.3) is 0 Å². The number of hydrogen-bond donors (Lipinski definition) is 3. The number of fused-ring (bicyclic) bond motifs is 2. The quantitative estimate of drug-likeness (QED) is 0.549. The Morgan fingerprint density at radius 3 is 2.50 bits per heavy atom. The van der Waals surface area contributed by atoms with E-state index in [-0.39, 0.29) is 0 Å². The number of nitrogens with one attached hydrogen (secondary N) is 2. The van der Waals surface area contributed by atoms with E-state index in [9.17, 15) is 0 Å². The van der Waals surface area contributed by atoms with Crippen molar-refractivity contribution >= 4 is 0 Å². The molecule has 0 radical (unpaired) electrons. The van der Waals surface area contributed by atoms with Gasteiger partial charge in [-0.05, 0) is 25.7 Å². The minimum absolute atomic E-state index is 0.729. The highest BCUT2D eigenvalue weighted by atomic mass is 15.0. The molecule has 3 heteroatoms. The average Bonchev–Trinajstić information content (AvgIpc) is 2.42. The molecular formula is C9H19N3. The molecule has 0 saturated carbocycles. The summed E-state index contributed by atoms with van der Waals surface area (Å²) in [4.78, 5) is 0. The number of nitrogens with two attached hydrogens (primary N) is 1. The fraction of sp³-hybridized carbons (Fsp3) is 1.00. The Bertz CT molecular complexity index is 137. The standard InChI is InChI=1S/C9H19N3/c10-3-4-11-9-5-7-1-2-8(6-9)12-7/h7-9,11-12H,1-6,10H2. The van der Waals surface area contributed by atoms with E-state index in [0.29, 0.717) is 0 Å². The van der Waals surface area contributed by atoms with E-state index in [1.54, 1.807) is 0 Å². The van der Waals surface area contributed by atoms with Gasteiger partial charge in [-0.1, -0.05) is 0 Å². The highest BCUT2D eigenvalue weighted by molar-refractivity contribution is 4.94. The maximum Gasteiger partial charge on any atom is 0.00972 e. The average molecular weight is 169 g/mol. The summed E-state index contributed by atoms with van der Waals surface area (Å²) in [5.74, 6) is 0. The molecule has 2 fully saturated rings. The molecule has 12 heavy (non-hydrogen) atoms. The van der Waals surface area contributed by atoms with E-state index in [1.807, 2.05) is 0 Å². The third kappa shape index (κ3) is 1.79. The number of piperidine rings is 1. The fourth-order valence-electron chi connectivity index (χ4n) is 2.51. The Balaban J connectivity index is 1.78. The summed E-state index contributed by atoms with van der Waals surface area (Å²) >= 11 is 0. The van der Waals surface area contributed by atoms with Crippen LogP contribution >= 0.6 is 0 Å². The maximum atomic E-state index is 5.45. The molecule has 70 valence electrons. The largest absolute Gasteiger partial charge is 0.329 e. The van der Waals surface area contributed by atoms with Gasteiger partial charge in [0.2, 0.25) is 0 Å². The molecule has 0 aromatic carbocycles. The van der Waals surface area contributed by atoms with Crippen LogP contribution in [0, 0.1) is 0 Å². The second kappa shape index (κ2) is 3.73. The molecule has 3 nitrogen and oxygen atoms in total. The van der Waals surface area contributed by atoms with E-state index in [2.05, 4.69) is 10.6 Å². The fourth-order valence-corrected chi connectivity index (χ4v) is 2.51. The van der Waals surface area contributed by atoms with Crippen LogP contribution in [0.4, 0.5) is 0 Å². The van der Waals surface area contributed by atoms with Crippen molar-refractivity contribution in [3.05, 3.63) is 0 Å². The van der Waals surface area contributed by atoms with Crippen LogP contribution in [0.15, 0.2) is 0 Å². The van der Waals surface area contributed by atoms with Crippen LogP contribution in [-0.4, -0.2) is 31.2 Å². The summed E-state index contributed by atoms with van der Waals surface area (Å²) in [5, 5.41) is 7.13. The monoisotopic (exact) mass is 169 g/mol. The van der Waals surface area contributed by atoms with Crippen LogP contribution in [0.5, 0.6) is 0 Å². The molecule has 0 aromatic heterocycles.